The SMILES string of the molecule is Cc1c(F)cc(C#N)cc1NC(=O)[C@@H]1CCC[C@@H]1C(=O)O. The predicted molar refractivity (Wildman–Crippen MR) is 72.9 cm³/mol. The third kappa shape index (κ3) is 3.02. The quantitative estimate of drug-likeness (QED) is 0.894. The highest BCUT2D eigenvalue weighted by atomic mass is 19.1. The van der Waals surface area contributed by atoms with Crippen LogP contribution in [0.2, 0.25) is 0 Å². The van der Waals surface area contributed by atoms with E-state index in [0.717, 1.165) is 6.07 Å². The maximum absolute atomic E-state index is 13.7. The van der Waals surface area contributed by atoms with Gasteiger partial charge in [0.15, 0.2) is 0 Å². The van der Waals surface area contributed by atoms with E-state index >= 15 is 0 Å². The summed E-state index contributed by atoms with van der Waals surface area (Å²) >= 11 is 0. The Balaban J connectivity index is 2.22. The topological polar surface area (TPSA) is 90.2 Å². The Morgan fingerprint density at radius 1 is 1.38 bits per heavy atom. The zero-order valence-electron chi connectivity index (χ0n) is 11.5. The van der Waals surface area contributed by atoms with Crippen LogP contribution < -0.4 is 5.32 Å². The Morgan fingerprint density at radius 2 is 2.05 bits per heavy atom. The minimum absolute atomic E-state index is 0.106. The molecule has 0 heterocycles. The molecule has 5 nitrogen and oxygen atoms in total. The van der Waals surface area contributed by atoms with Crippen molar-refractivity contribution in [2.24, 2.45) is 11.8 Å². The number of anilines is 1. The molecule has 0 aliphatic heterocycles. The number of carbonyl (C=O) groups is 2. The van der Waals surface area contributed by atoms with Gasteiger partial charge < -0.3 is 10.4 Å². The summed E-state index contributed by atoms with van der Waals surface area (Å²) < 4.78 is 13.7. The number of aliphatic carboxylic acids is 1. The van der Waals surface area contributed by atoms with E-state index in [4.69, 9.17) is 10.4 Å². The second-order valence-corrected chi connectivity index (χ2v) is 5.21. The fourth-order valence-corrected chi connectivity index (χ4v) is 2.67. The first-order valence-electron chi connectivity index (χ1n) is 6.68. The number of carboxylic acid groups (broad SMARTS) is 1. The third-order valence-electron chi connectivity index (χ3n) is 3.90. The first-order valence-corrected chi connectivity index (χ1v) is 6.68. The molecular weight excluding hydrogens is 275 g/mol. The Labute approximate surface area is 121 Å². The molecule has 1 fully saturated rings. The molecule has 2 N–H and O–H groups in total. The summed E-state index contributed by atoms with van der Waals surface area (Å²) in [6.07, 6.45) is 1.65. The van der Waals surface area contributed by atoms with Crippen molar-refractivity contribution in [3.05, 3.63) is 29.1 Å². The number of amides is 1. The van der Waals surface area contributed by atoms with E-state index in [1.54, 1.807) is 0 Å². The molecule has 1 amide bonds. The minimum atomic E-state index is -0.985. The van der Waals surface area contributed by atoms with E-state index < -0.39 is 29.5 Å². The standard InChI is InChI=1S/C15H15FN2O3/c1-8-12(16)5-9(7-17)6-13(8)18-14(19)10-3-2-4-11(10)15(20)21/h5-6,10-11H,2-4H2,1H3,(H,18,19)(H,20,21)/t10-,11+/m1/s1. The average molecular weight is 290 g/mol. The second kappa shape index (κ2) is 5.92. The Morgan fingerprint density at radius 3 is 2.67 bits per heavy atom. The van der Waals surface area contributed by atoms with Crippen molar-refractivity contribution in [3.63, 3.8) is 0 Å². The van der Waals surface area contributed by atoms with Crippen LogP contribution in [0.5, 0.6) is 0 Å². The van der Waals surface area contributed by atoms with Crippen LogP contribution in [0.4, 0.5) is 10.1 Å². The minimum Gasteiger partial charge on any atom is -0.481 e. The van der Waals surface area contributed by atoms with Crippen LogP contribution >= 0.6 is 0 Å². The van der Waals surface area contributed by atoms with Crippen LogP contribution in [0, 0.1) is 35.9 Å². The van der Waals surface area contributed by atoms with E-state index in [1.807, 2.05) is 6.07 Å². The van der Waals surface area contributed by atoms with Gasteiger partial charge in [0.05, 0.1) is 23.5 Å². The lowest BCUT2D eigenvalue weighted by atomic mass is 9.95. The fraction of sp³-hybridized carbons (Fsp3) is 0.400. The molecule has 2 atom stereocenters. The number of nitriles is 1. The molecule has 1 saturated carbocycles. The molecule has 0 unspecified atom stereocenters. The Hall–Kier alpha value is -2.42. The molecule has 1 aliphatic rings. The number of carbonyl (C=O) groups excluding carboxylic acids is 1. The molecule has 0 spiro atoms. The molecule has 0 bridgehead atoms. The second-order valence-electron chi connectivity index (χ2n) is 5.21. The summed E-state index contributed by atoms with van der Waals surface area (Å²) in [5.41, 5.74) is 0.550. The van der Waals surface area contributed by atoms with Crippen molar-refractivity contribution in [3.8, 4) is 6.07 Å². The molecule has 1 aliphatic carbocycles. The largest absolute Gasteiger partial charge is 0.481 e. The van der Waals surface area contributed by atoms with Crippen molar-refractivity contribution < 1.29 is 19.1 Å². The van der Waals surface area contributed by atoms with Crippen molar-refractivity contribution in [1.82, 2.24) is 0 Å². The summed E-state index contributed by atoms with van der Waals surface area (Å²) in [7, 11) is 0. The molecule has 1 aromatic rings. The fourth-order valence-electron chi connectivity index (χ4n) is 2.67. The van der Waals surface area contributed by atoms with Crippen LogP contribution in [-0.2, 0) is 9.59 Å². The van der Waals surface area contributed by atoms with Gasteiger partial charge in [0.2, 0.25) is 5.91 Å². The van der Waals surface area contributed by atoms with E-state index in [0.29, 0.717) is 19.3 Å². The van der Waals surface area contributed by atoms with Crippen molar-refractivity contribution in [2.45, 2.75) is 26.2 Å². The van der Waals surface area contributed by atoms with Gasteiger partial charge in [0, 0.05) is 11.3 Å². The van der Waals surface area contributed by atoms with Gasteiger partial charge in [-0.3, -0.25) is 9.59 Å². The van der Waals surface area contributed by atoms with E-state index in [9.17, 15) is 14.0 Å². The van der Waals surface area contributed by atoms with Gasteiger partial charge in [-0.25, -0.2) is 4.39 Å². The van der Waals surface area contributed by atoms with E-state index in [1.165, 1.54) is 13.0 Å². The number of benzene rings is 1. The molecule has 0 saturated heterocycles. The number of carboxylic acids is 1. The number of hydrogen-bond donors (Lipinski definition) is 2. The Bertz CT molecular complexity index is 637. The van der Waals surface area contributed by atoms with Gasteiger partial charge in [0.1, 0.15) is 5.82 Å². The zero-order valence-corrected chi connectivity index (χ0v) is 11.5. The van der Waals surface area contributed by atoms with Crippen molar-refractivity contribution in [1.29, 1.82) is 5.26 Å². The van der Waals surface area contributed by atoms with Gasteiger partial charge in [-0.15, -0.1) is 0 Å². The normalized spacial score (nSPS) is 20.8. The maximum atomic E-state index is 13.7. The van der Waals surface area contributed by atoms with E-state index in [2.05, 4.69) is 5.32 Å². The molecule has 0 aromatic heterocycles. The average Bonchev–Trinajstić information content (AvgIpc) is 2.93. The van der Waals surface area contributed by atoms with Crippen LogP contribution in [0.15, 0.2) is 12.1 Å². The summed E-state index contributed by atoms with van der Waals surface area (Å²) in [4.78, 5) is 23.3. The van der Waals surface area contributed by atoms with Gasteiger partial charge in [0.25, 0.3) is 0 Å². The highest BCUT2D eigenvalue weighted by Gasteiger charge is 2.37. The lowest BCUT2D eigenvalue weighted by Crippen LogP contribution is -2.30. The van der Waals surface area contributed by atoms with Gasteiger partial charge >= 0.3 is 5.97 Å². The summed E-state index contributed by atoms with van der Waals surface area (Å²) in [6, 6.07) is 4.31. The molecular formula is C15H15FN2O3. The molecule has 1 aromatic carbocycles. The van der Waals surface area contributed by atoms with Gasteiger partial charge in [-0.05, 0) is 31.9 Å². The maximum Gasteiger partial charge on any atom is 0.307 e. The molecule has 2 rings (SSSR count). The van der Waals surface area contributed by atoms with Gasteiger partial charge in [-0.2, -0.15) is 5.26 Å². The van der Waals surface area contributed by atoms with Crippen molar-refractivity contribution >= 4 is 17.6 Å². The number of hydrogen-bond acceptors (Lipinski definition) is 3. The molecule has 0 radical (unpaired) electrons. The first kappa shape index (κ1) is 15.0. The summed E-state index contributed by atoms with van der Waals surface area (Å²) in [6.45, 7) is 1.50. The first-order chi connectivity index (χ1) is 9.93. The monoisotopic (exact) mass is 290 g/mol. The van der Waals surface area contributed by atoms with Crippen molar-refractivity contribution in [2.75, 3.05) is 5.32 Å². The lowest BCUT2D eigenvalue weighted by molar-refractivity contribution is -0.145. The molecule has 21 heavy (non-hydrogen) atoms. The highest BCUT2D eigenvalue weighted by molar-refractivity contribution is 5.96. The number of nitrogens with one attached hydrogen (secondary N) is 1. The summed E-state index contributed by atoms with van der Waals surface area (Å²) in [5, 5.41) is 20.5. The molecule has 110 valence electrons. The van der Waals surface area contributed by atoms with Crippen LogP contribution in [0.25, 0.3) is 0 Å². The lowest BCUT2D eigenvalue weighted by Gasteiger charge is -2.17. The van der Waals surface area contributed by atoms with E-state index in [-0.39, 0.29) is 16.8 Å². The predicted octanol–water partition coefficient (Wildman–Crippen LogP) is 2.45. The van der Waals surface area contributed by atoms with Crippen LogP contribution in [-0.4, -0.2) is 17.0 Å². The van der Waals surface area contributed by atoms with Crippen LogP contribution in [0.1, 0.15) is 30.4 Å². The number of rotatable bonds is 3. The molecule has 6 heteroatoms. The summed E-state index contributed by atoms with van der Waals surface area (Å²) in [5.74, 6) is -3.31. The number of nitrogens with zero attached hydrogens (tertiary/aromatic N) is 1. The smallest absolute Gasteiger partial charge is 0.307 e. The van der Waals surface area contributed by atoms with Crippen LogP contribution in [0.3, 0.4) is 0 Å². The van der Waals surface area contributed by atoms with Gasteiger partial charge in [-0.1, -0.05) is 6.42 Å². The number of halogens is 1. The Kier molecular flexibility index (Phi) is 4.22. The highest BCUT2D eigenvalue weighted by Crippen LogP contribution is 2.33. The third-order valence-corrected chi connectivity index (χ3v) is 3.90. The zero-order chi connectivity index (χ0) is 15.6.